The van der Waals surface area contributed by atoms with Crippen molar-refractivity contribution in [1.29, 1.82) is 0 Å². The van der Waals surface area contributed by atoms with Crippen molar-refractivity contribution in [2.24, 2.45) is 0 Å². The van der Waals surface area contributed by atoms with E-state index >= 15 is 0 Å². The Labute approximate surface area is 158 Å². The normalized spacial score (nSPS) is 16.6. The lowest BCUT2D eigenvalue weighted by Crippen LogP contribution is -2.47. The summed E-state index contributed by atoms with van der Waals surface area (Å²) in [5.74, 6) is -1.60. The van der Waals surface area contributed by atoms with E-state index in [1.165, 1.54) is 23.5 Å². The number of nitrogens with zero attached hydrogens (tertiary/aromatic N) is 2. The van der Waals surface area contributed by atoms with Crippen molar-refractivity contribution in [2.45, 2.75) is 4.90 Å². The van der Waals surface area contributed by atoms with Crippen LogP contribution in [0.15, 0.2) is 40.9 Å². The number of methoxy groups -OCH3 is 2. The van der Waals surface area contributed by atoms with Gasteiger partial charge in [-0.25, -0.2) is 18.0 Å². The van der Waals surface area contributed by atoms with Gasteiger partial charge < -0.3 is 19.7 Å². The molecule has 1 N–H and O–H groups in total. The van der Waals surface area contributed by atoms with E-state index in [1.54, 1.807) is 12.1 Å². The molecule has 0 aliphatic carbocycles. The number of anilines is 1. The number of ether oxygens (including phenoxy) is 2. The van der Waals surface area contributed by atoms with Crippen LogP contribution >= 0.6 is 0 Å². The molecule has 0 radical (unpaired) electrons. The van der Waals surface area contributed by atoms with E-state index in [2.05, 4.69) is 14.8 Å². The number of benzene rings is 1. The molecule has 0 spiro atoms. The predicted octanol–water partition coefficient (Wildman–Crippen LogP) is 0.265. The molecule has 1 fully saturated rings. The number of nitrogens with one attached hydrogen (secondary N) is 1. The highest BCUT2D eigenvalue weighted by molar-refractivity contribution is 7.89. The fourth-order valence-corrected chi connectivity index (χ4v) is 4.11. The van der Waals surface area contributed by atoms with Gasteiger partial charge in [0.1, 0.15) is 10.6 Å². The zero-order valence-corrected chi connectivity index (χ0v) is 16.3. The van der Waals surface area contributed by atoms with Crippen molar-refractivity contribution < 1.29 is 27.5 Å². The number of rotatable bonds is 6. The van der Waals surface area contributed by atoms with E-state index in [1.807, 2.05) is 11.9 Å². The average molecular weight is 397 g/mol. The number of hydrogen-bond donors (Lipinski definition) is 1. The Morgan fingerprint density at radius 3 is 2.30 bits per heavy atom. The van der Waals surface area contributed by atoms with Crippen LogP contribution in [0.1, 0.15) is 0 Å². The summed E-state index contributed by atoms with van der Waals surface area (Å²) in [5, 5.41) is 2.69. The molecule has 0 unspecified atom stereocenters. The minimum atomic E-state index is -3.78. The van der Waals surface area contributed by atoms with Gasteiger partial charge in [-0.15, -0.1) is 0 Å². The molecule has 1 aliphatic rings. The Bertz CT molecular complexity index is 829. The van der Waals surface area contributed by atoms with Gasteiger partial charge in [-0.2, -0.15) is 4.31 Å². The Hall–Kier alpha value is -2.43. The Kier molecular flexibility index (Phi) is 6.94. The quantitative estimate of drug-likeness (QED) is 0.539. The SMILES string of the molecule is COC(=O)/C=C(/Nc1ccccc1S(=O)(=O)N1CCN(C)CC1)C(=O)OC. The molecule has 1 saturated heterocycles. The van der Waals surface area contributed by atoms with Gasteiger partial charge in [0.2, 0.25) is 10.0 Å². The third-order valence-electron chi connectivity index (χ3n) is 4.11. The van der Waals surface area contributed by atoms with Gasteiger partial charge >= 0.3 is 11.9 Å². The monoisotopic (exact) mass is 397 g/mol. The first kappa shape index (κ1) is 20.9. The molecular formula is C17H23N3O6S. The molecule has 148 valence electrons. The number of esters is 2. The minimum absolute atomic E-state index is 0.00854. The van der Waals surface area contributed by atoms with Crippen LogP contribution in [-0.2, 0) is 29.1 Å². The average Bonchev–Trinajstić information content (AvgIpc) is 2.67. The summed E-state index contributed by atoms with van der Waals surface area (Å²) in [6.07, 6.45) is 0.908. The summed E-state index contributed by atoms with van der Waals surface area (Å²) in [6.45, 7) is 2.00. The standard InChI is InChI=1S/C17H23N3O6S/c1-19-8-10-20(11-9-19)27(23,24)15-7-5-4-6-13(15)18-14(17(22)26-3)12-16(21)25-2/h4-7,12,18H,8-11H2,1-3H3/b14-12+. The molecule has 1 aromatic carbocycles. The van der Waals surface area contributed by atoms with Gasteiger partial charge in [0.15, 0.2) is 0 Å². The largest absolute Gasteiger partial charge is 0.466 e. The molecule has 9 nitrogen and oxygen atoms in total. The second-order valence-corrected chi connectivity index (χ2v) is 7.81. The van der Waals surface area contributed by atoms with Crippen LogP contribution in [0, 0.1) is 0 Å². The zero-order valence-electron chi connectivity index (χ0n) is 15.5. The predicted molar refractivity (Wildman–Crippen MR) is 98.4 cm³/mol. The Balaban J connectivity index is 2.38. The summed E-state index contributed by atoms with van der Waals surface area (Å²) < 4.78 is 36.7. The topological polar surface area (TPSA) is 105 Å². The number of carbonyl (C=O) groups is 2. The van der Waals surface area contributed by atoms with E-state index in [4.69, 9.17) is 0 Å². The molecule has 2 rings (SSSR count). The van der Waals surface area contributed by atoms with E-state index in [-0.39, 0.29) is 16.3 Å². The molecule has 1 heterocycles. The first-order valence-corrected chi connectivity index (χ1v) is 9.66. The van der Waals surface area contributed by atoms with E-state index < -0.39 is 22.0 Å². The van der Waals surface area contributed by atoms with Crippen molar-refractivity contribution in [3.05, 3.63) is 36.0 Å². The molecule has 1 aromatic rings. The van der Waals surface area contributed by atoms with Crippen LogP contribution in [0.3, 0.4) is 0 Å². The first-order valence-electron chi connectivity index (χ1n) is 8.22. The summed E-state index contributed by atoms with van der Waals surface area (Å²) in [4.78, 5) is 25.5. The van der Waals surface area contributed by atoms with Gasteiger partial charge in [-0.1, -0.05) is 12.1 Å². The van der Waals surface area contributed by atoms with Crippen molar-refractivity contribution in [2.75, 3.05) is 52.8 Å². The summed E-state index contributed by atoms with van der Waals surface area (Å²) >= 11 is 0. The maximum Gasteiger partial charge on any atom is 0.354 e. The highest BCUT2D eigenvalue weighted by Gasteiger charge is 2.30. The number of piperazine rings is 1. The molecule has 0 aromatic heterocycles. The molecule has 27 heavy (non-hydrogen) atoms. The third-order valence-corrected chi connectivity index (χ3v) is 6.06. The van der Waals surface area contributed by atoms with Gasteiger partial charge in [0.05, 0.1) is 26.0 Å². The summed E-state index contributed by atoms with van der Waals surface area (Å²) in [5.41, 5.74) is -0.0673. The van der Waals surface area contributed by atoms with Crippen molar-refractivity contribution >= 4 is 27.6 Å². The fraction of sp³-hybridized carbons (Fsp3) is 0.412. The molecule has 1 aliphatic heterocycles. The Morgan fingerprint density at radius 1 is 1.07 bits per heavy atom. The second-order valence-electron chi connectivity index (χ2n) is 5.90. The lowest BCUT2D eigenvalue weighted by atomic mass is 10.3. The van der Waals surface area contributed by atoms with Crippen LogP contribution in [0.2, 0.25) is 0 Å². The Morgan fingerprint density at radius 2 is 1.70 bits per heavy atom. The molecule has 0 amide bonds. The highest BCUT2D eigenvalue weighted by Crippen LogP contribution is 2.26. The van der Waals surface area contributed by atoms with Crippen LogP contribution < -0.4 is 5.32 Å². The van der Waals surface area contributed by atoms with Crippen molar-refractivity contribution in [3.8, 4) is 0 Å². The molecular weight excluding hydrogens is 374 g/mol. The summed E-state index contributed by atoms with van der Waals surface area (Å²) in [7, 11) is 0.472. The van der Waals surface area contributed by atoms with Gasteiger partial charge in [-0.05, 0) is 19.2 Å². The molecule has 0 atom stereocenters. The third kappa shape index (κ3) is 5.06. The van der Waals surface area contributed by atoms with E-state index in [0.717, 1.165) is 13.2 Å². The maximum absolute atomic E-state index is 13.1. The van der Waals surface area contributed by atoms with Crippen LogP contribution in [0.25, 0.3) is 0 Å². The van der Waals surface area contributed by atoms with Crippen molar-refractivity contribution in [1.82, 2.24) is 9.21 Å². The lowest BCUT2D eigenvalue weighted by Gasteiger charge is -2.32. The molecule has 0 bridgehead atoms. The maximum atomic E-state index is 13.1. The second kappa shape index (κ2) is 8.98. The number of para-hydroxylation sites is 1. The lowest BCUT2D eigenvalue weighted by molar-refractivity contribution is -0.138. The fourth-order valence-electron chi connectivity index (χ4n) is 2.54. The van der Waals surface area contributed by atoms with Crippen LogP contribution in [-0.4, -0.2) is 77.0 Å². The van der Waals surface area contributed by atoms with E-state index in [9.17, 15) is 18.0 Å². The smallest absolute Gasteiger partial charge is 0.354 e. The first-order chi connectivity index (χ1) is 12.8. The number of likely N-dealkylation sites (N-methyl/N-ethyl adjacent to an activating group) is 1. The van der Waals surface area contributed by atoms with E-state index in [0.29, 0.717) is 26.2 Å². The van der Waals surface area contributed by atoms with Gasteiger partial charge in [-0.3, -0.25) is 0 Å². The summed E-state index contributed by atoms with van der Waals surface area (Å²) in [6, 6.07) is 6.17. The van der Waals surface area contributed by atoms with Gasteiger partial charge in [0.25, 0.3) is 0 Å². The van der Waals surface area contributed by atoms with Crippen LogP contribution in [0.4, 0.5) is 5.69 Å². The number of hydrogen-bond acceptors (Lipinski definition) is 8. The molecule has 10 heteroatoms. The van der Waals surface area contributed by atoms with Crippen LogP contribution in [0.5, 0.6) is 0 Å². The molecule has 0 saturated carbocycles. The number of carbonyl (C=O) groups excluding carboxylic acids is 2. The minimum Gasteiger partial charge on any atom is -0.466 e. The van der Waals surface area contributed by atoms with Crippen molar-refractivity contribution in [3.63, 3.8) is 0 Å². The zero-order chi connectivity index (χ0) is 20.0. The highest BCUT2D eigenvalue weighted by atomic mass is 32.2. The number of sulfonamides is 1. The van der Waals surface area contributed by atoms with Gasteiger partial charge in [0, 0.05) is 26.2 Å².